The number of hydrogen-bond donors (Lipinski definition) is 3. The molecule has 2 aliphatic heterocycles. The van der Waals surface area contributed by atoms with Gasteiger partial charge in [0.05, 0.1) is 11.3 Å². The zero-order valence-corrected chi connectivity index (χ0v) is 15.3. The lowest BCUT2D eigenvalue weighted by Crippen LogP contribution is -2.43. The lowest BCUT2D eigenvalue weighted by molar-refractivity contribution is 0.0974. The SMILES string of the molecule is O=C1c2ccccc2NC(c2cccc(O)c2O)N1c1ccc2c(c1)OCCO2. The average Bonchev–Trinajstić information content (AvgIpc) is 2.75. The molecule has 1 unspecified atom stereocenters. The summed E-state index contributed by atoms with van der Waals surface area (Å²) >= 11 is 0. The number of para-hydroxylation sites is 2. The van der Waals surface area contributed by atoms with E-state index in [4.69, 9.17) is 9.47 Å². The molecular formula is C22H18N2O5. The van der Waals surface area contributed by atoms with Crippen molar-refractivity contribution in [1.29, 1.82) is 0 Å². The summed E-state index contributed by atoms with van der Waals surface area (Å²) in [4.78, 5) is 15.0. The lowest BCUT2D eigenvalue weighted by atomic mass is 10.0. The number of fused-ring (bicyclic) bond motifs is 2. The monoisotopic (exact) mass is 390 g/mol. The molecule has 1 atom stereocenters. The van der Waals surface area contributed by atoms with Gasteiger partial charge in [-0.1, -0.05) is 24.3 Å². The van der Waals surface area contributed by atoms with Gasteiger partial charge in [0.2, 0.25) is 0 Å². The van der Waals surface area contributed by atoms with E-state index in [1.807, 2.05) is 6.07 Å². The fourth-order valence-corrected chi connectivity index (χ4v) is 3.69. The number of rotatable bonds is 2. The molecule has 0 spiro atoms. The van der Waals surface area contributed by atoms with Crippen molar-refractivity contribution in [2.75, 3.05) is 23.4 Å². The summed E-state index contributed by atoms with van der Waals surface area (Å²) in [6, 6.07) is 17.1. The molecule has 0 radical (unpaired) electrons. The number of aromatic hydroxyl groups is 2. The average molecular weight is 390 g/mol. The number of carbonyl (C=O) groups excluding carboxylic acids is 1. The smallest absolute Gasteiger partial charge is 0.262 e. The minimum absolute atomic E-state index is 0.233. The number of hydrogen-bond acceptors (Lipinski definition) is 6. The van der Waals surface area contributed by atoms with Crippen molar-refractivity contribution in [3.05, 3.63) is 71.8 Å². The van der Waals surface area contributed by atoms with E-state index in [1.54, 1.807) is 48.5 Å². The van der Waals surface area contributed by atoms with E-state index >= 15 is 0 Å². The second kappa shape index (κ2) is 6.63. The standard InChI is InChI=1S/C22H18N2O5/c25-17-7-3-5-15(20(17)26)21-23-16-6-2-1-4-14(16)22(27)24(21)13-8-9-18-19(12-13)29-11-10-28-18/h1-9,12,21,23,25-26H,10-11H2. The van der Waals surface area contributed by atoms with Gasteiger partial charge in [-0.25, -0.2) is 0 Å². The molecule has 7 heteroatoms. The van der Waals surface area contributed by atoms with Crippen molar-refractivity contribution in [3.8, 4) is 23.0 Å². The van der Waals surface area contributed by atoms with E-state index in [0.717, 1.165) is 0 Å². The topological polar surface area (TPSA) is 91.3 Å². The maximum absolute atomic E-state index is 13.4. The van der Waals surface area contributed by atoms with Crippen LogP contribution in [0, 0.1) is 0 Å². The van der Waals surface area contributed by atoms with Crippen LogP contribution < -0.4 is 19.7 Å². The van der Waals surface area contributed by atoms with Gasteiger partial charge >= 0.3 is 0 Å². The Balaban J connectivity index is 1.67. The van der Waals surface area contributed by atoms with E-state index in [1.165, 1.54) is 11.0 Å². The Morgan fingerprint density at radius 1 is 0.931 bits per heavy atom. The van der Waals surface area contributed by atoms with Crippen LogP contribution in [0.2, 0.25) is 0 Å². The summed E-state index contributed by atoms with van der Waals surface area (Å²) in [5.74, 6) is 0.412. The number of nitrogens with one attached hydrogen (secondary N) is 1. The zero-order valence-electron chi connectivity index (χ0n) is 15.3. The second-order valence-electron chi connectivity index (χ2n) is 6.81. The van der Waals surface area contributed by atoms with Crippen molar-refractivity contribution in [2.45, 2.75) is 6.17 Å². The van der Waals surface area contributed by atoms with Crippen molar-refractivity contribution in [1.82, 2.24) is 0 Å². The molecule has 2 aliphatic rings. The van der Waals surface area contributed by atoms with Crippen LogP contribution >= 0.6 is 0 Å². The third-order valence-corrected chi connectivity index (χ3v) is 5.07. The van der Waals surface area contributed by atoms with Crippen LogP contribution in [0.3, 0.4) is 0 Å². The Morgan fingerprint density at radius 2 is 1.72 bits per heavy atom. The van der Waals surface area contributed by atoms with Gasteiger partial charge in [0, 0.05) is 17.3 Å². The molecule has 2 heterocycles. The van der Waals surface area contributed by atoms with Crippen molar-refractivity contribution in [3.63, 3.8) is 0 Å². The third-order valence-electron chi connectivity index (χ3n) is 5.07. The molecule has 0 fully saturated rings. The molecule has 146 valence electrons. The lowest BCUT2D eigenvalue weighted by Gasteiger charge is -2.38. The molecule has 0 aromatic heterocycles. The third kappa shape index (κ3) is 2.79. The number of benzene rings is 3. The summed E-state index contributed by atoms with van der Waals surface area (Å²) in [6.45, 7) is 0.909. The number of anilines is 2. The minimum Gasteiger partial charge on any atom is -0.504 e. The minimum atomic E-state index is -0.730. The highest BCUT2D eigenvalue weighted by molar-refractivity contribution is 6.12. The molecule has 1 amide bonds. The Hall–Kier alpha value is -3.87. The van der Waals surface area contributed by atoms with Crippen LogP contribution in [0.25, 0.3) is 0 Å². The van der Waals surface area contributed by atoms with E-state index in [0.29, 0.717) is 47.2 Å². The first-order valence-electron chi connectivity index (χ1n) is 9.23. The van der Waals surface area contributed by atoms with Gasteiger partial charge in [-0.15, -0.1) is 0 Å². The summed E-state index contributed by atoms with van der Waals surface area (Å²) in [7, 11) is 0. The van der Waals surface area contributed by atoms with Crippen LogP contribution in [0.15, 0.2) is 60.7 Å². The summed E-state index contributed by atoms with van der Waals surface area (Å²) in [5, 5.41) is 23.8. The number of ether oxygens (including phenoxy) is 2. The van der Waals surface area contributed by atoms with Gasteiger partial charge in [-0.3, -0.25) is 9.69 Å². The molecule has 29 heavy (non-hydrogen) atoms. The normalized spacial score (nSPS) is 17.4. The van der Waals surface area contributed by atoms with Crippen LogP contribution in [0.1, 0.15) is 22.1 Å². The number of nitrogens with zero attached hydrogens (tertiary/aromatic N) is 1. The Bertz CT molecular complexity index is 1110. The van der Waals surface area contributed by atoms with Gasteiger partial charge in [0.25, 0.3) is 5.91 Å². The molecule has 3 aromatic carbocycles. The molecule has 3 aromatic rings. The molecule has 5 rings (SSSR count). The summed E-state index contributed by atoms with van der Waals surface area (Å²) in [6.07, 6.45) is -0.730. The maximum atomic E-state index is 13.4. The van der Waals surface area contributed by atoms with Gasteiger partial charge in [-0.05, 0) is 30.3 Å². The number of amides is 1. The molecule has 7 nitrogen and oxygen atoms in total. The molecule has 0 saturated heterocycles. The van der Waals surface area contributed by atoms with Crippen molar-refractivity contribution in [2.24, 2.45) is 0 Å². The quantitative estimate of drug-likeness (QED) is 0.579. The van der Waals surface area contributed by atoms with Gasteiger partial charge in [-0.2, -0.15) is 0 Å². The highest BCUT2D eigenvalue weighted by Crippen LogP contribution is 2.43. The van der Waals surface area contributed by atoms with E-state index in [2.05, 4.69) is 5.32 Å². The van der Waals surface area contributed by atoms with Gasteiger partial charge < -0.3 is 25.0 Å². The van der Waals surface area contributed by atoms with E-state index in [9.17, 15) is 15.0 Å². The highest BCUT2D eigenvalue weighted by atomic mass is 16.6. The summed E-state index contributed by atoms with van der Waals surface area (Å²) in [5.41, 5.74) is 2.12. The number of phenols is 2. The van der Waals surface area contributed by atoms with Crippen LogP contribution in [-0.4, -0.2) is 29.3 Å². The Labute approximate surface area is 166 Å². The predicted molar refractivity (Wildman–Crippen MR) is 107 cm³/mol. The summed E-state index contributed by atoms with van der Waals surface area (Å²) < 4.78 is 11.2. The van der Waals surface area contributed by atoms with Crippen LogP contribution in [-0.2, 0) is 0 Å². The second-order valence-corrected chi connectivity index (χ2v) is 6.81. The fourth-order valence-electron chi connectivity index (χ4n) is 3.69. The first-order valence-corrected chi connectivity index (χ1v) is 9.23. The van der Waals surface area contributed by atoms with Crippen molar-refractivity contribution < 1.29 is 24.5 Å². The molecular weight excluding hydrogens is 372 g/mol. The van der Waals surface area contributed by atoms with E-state index < -0.39 is 6.17 Å². The zero-order chi connectivity index (χ0) is 20.0. The first kappa shape index (κ1) is 17.2. The highest BCUT2D eigenvalue weighted by Gasteiger charge is 2.36. The molecule has 3 N–H and O–H groups in total. The van der Waals surface area contributed by atoms with Gasteiger partial charge in [0.1, 0.15) is 19.4 Å². The predicted octanol–water partition coefficient (Wildman–Crippen LogP) is 3.64. The Morgan fingerprint density at radius 3 is 2.59 bits per heavy atom. The Kier molecular flexibility index (Phi) is 3.94. The van der Waals surface area contributed by atoms with Crippen LogP contribution in [0.5, 0.6) is 23.0 Å². The first-order chi connectivity index (χ1) is 14.1. The largest absolute Gasteiger partial charge is 0.504 e. The molecule has 0 bridgehead atoms. The van der Waals surface area contributed by atoms with Crippen molar-refractivity contribution >= 4 is 17.3 Å². The van der Waals surface area contributed by atoms with E-state index in [-0.39, 0.29) is 17.4 Å². The molecule has 0 aliphatic carbocycles. The molecule has 0 saturated carbocycles. The van der Waals surface area contributed by atoms with Gasteiger partial charge in [0.15, 0.2) is 23.0 Å². The van der Waals surface area contributed by atoms with Crippen LogP contribution in [0.4, 0.5) is 11.4 Å². The number of carbonyl (C=O) groups is 1. The number of phenolic OH excluding ortho intramolecular Hbond substituents is 2. The maximum Gasteiger partial charge on any atom is 0.262 e. The fraction of sp³-hybridized carbons (Fsp3) is 0.136.